The van der Waals surface area contributed by atoms with Gasteiger partial charge >= 0.3 is 0 Å². The minimum atomic E-state index is 0.126. The molecule has 0 amide bonds. The predicted molar refractivity (Wildman–Crippen MR) is 88.2 cm³/mol. The van der Waals surface area contributed by atoms with Crippen LogP contribution < -0.4 is 5.32 Å². The highest BCUT2D eigenvalue weighted by Crippen LogP contribution is 2.32. The number of hydrogen-bond donors (Lipinski definition) is 1. The summed E-state index contributed by atoms with van der Waals surface area (Å²) in [5, 5.41) is 4.24. The molecular weight excluding hydrogens is 298 g/mol. The molecule has 0 aliphatic carbocycles. The van der Waals surface area contributed by atoms with Crippen molar-refractivity contribution >= 4 is 17.5 Å². The van der Waals surface area contributed by atoms with E-state index in [0.29, 0.717) is 11.9 Å². The molecule has 0 radical (unpaired) electrons. The van der Waals surface area contributed by atoms with E-state index in [9.17, 15) is 0 Å². The van der Waals surface area contributed by atoms with Crippen LogP contribution in [0.15, 0.2) is 30.3 Å². The summed E-state index contributed by atoms with van der Waals surface area (Å²) in [6, 6.07) is 10.1. The summed E-state index contributed by atoms with van der Waals surface area (Å²) < 4.78 is 5.56. The summed E-state index contributed by atoms with van der Waals surface area (Å²) in [6.45, 7) is 5.53. The number of hydrogen-bond acceptors (Lipinski definition) is 4. The summed E-state index contributed by atoms with van der Waals surface area (Å²) in [7, 11) is 0. The number of rotatable bonds is 4. The van der Waals surface area contributed by atoms with Crippen LogP contribution >= 0.6 is 11.6 Å². The third-order valence-corrected chi connectivity index (χ3v) is 4.18. The third kappa shape index (κ3) is 3.57. The molecule has 22 heavy (non-hydrogen) atoms. The Morgan fingerprint density at radius 2 is 1.86 bits per heavy atom. The monoisotopic (exact) mass is 317 g/mol. The zero-order chi connectivity index (χ0) is 15.5. The molecule has 4 nitrogen and oxygen atoms in total. The van der Waals surface area contributed by atoms with Crippen LogP contribution in [-0.2, 0) is 4.74 Å². The van der Waals surface area contributed by atoms with Gasteiger partial charge in [-0.2, -0.15) is 0 Å². The standard InChI is InChI=1S/C17H20ClN3O/c1-11-9-12(2)20-17(19-11)21-16(14-7-8-22-10-14)13-3-5-15(18)6-4-13/h3-6,9,14,16H,7-8,10H2,1-2H3,(H,19,20,21)/t14-,16-/m0/s1. The second-order valence-corrected chi connectivity index (χ2v) is 6.21. The Morgan fingerprint density at radius 3 is 2.45 bits per heavy atom. The Labute approximate surface area is 135 Å². The molecule has 2 aromatic rings. The number of halogens is 1. The molecule has 2 heterocycles. The first kappa shape index (κ1) is 15.3. The van der Waals surface area contributed by atoms with E-state index < -0.39 is 0 Å². The molecule has 1 aliphatic heterocycles. The van der Waals surface area contributed by atoms with Crippen molar-refractivity contribution in [3.63, 3.8) is 0 Å². The Bertz CT molecular complexity index is 619. The Morgan fingerprint density at radius 1 is 1.18 bits per heavy atom. The first-order chi connectivity index (χ1) is 10.6. The first-order valence-corrected chi connectivity index (χ1v) is 7.91. The van der Waals surface area contributed by atoms with Crippen LogP contribution in [0, 0.1) is 19.8 Å². The minimum absolute atomic E-state index is 0.126. The number of anilines is 1. The van der Waals surface area contributed by atoms with Crippen LogP contribution in [0.3, 0.4) is 0 Å². The molecule has 0 unspecified atom stereocenters. The Balaban J connectivity index is 1.89. The van der Waals surface area contributed by atoms with E-state index in [1.54, 1.807) is 0 Å². The molecule has 1 aliphatic rings. The zero-order valence-corrected chi connectivity index (χ0v) is 13.6. The lowest BCUT2D eigenvalue weighted by Crippen LogP contribution is -2.22. The topological polar surface area (TPSA) is 47.0 Å². The summed E-state index contributed by atoms with van der Waals surface area (Å²) in [4.78, 5) is 9.00. The molecule has 0 saturated carbocycles. The number of aryl methyl sites for hydroxylation is 2. The molecule has 3 rings (SSSR count). The lowest BCUT2D eigenvalue weighted by Gasteiger charge is -2.24. The molecule has 5 heteroatoms. The molecule has 1 fully saturated rings. The van der Waals surface area contributed by atoms with Crippen LogP contribution in [-0.4, -0.2) is 23.2 Å². The van der Waals surface area contributed by atoms with Gasteiger partial charge in [-0.25, -0.2) is 9.97 Å². The number of aromatic nitrogens is 2. The van der Waals surface area contributed by atoms with E-state index in [2.05, 4.69) is 27.4 Å². The van der Waals surface area contributed by atoms with Gasteiger partial charge in [0, 0.05) is 28.9 Å². The molecule has 0 spiro atoms. The van der Waals surface area contributed by atoms with Gasteiger partial charge in [-0.1, -0.05) is 23.7 Å². The van der Waals surface area contributed by atoms with Crippen molar-refractivity contribution in [3.8, 4) is 0 Å². The van der Waals surface area contributed by atoms with Crippen LogP contribution in [0.25, 0.3) is 0 Å². The molecule has 1 saturated heterocycles. The Hall–Kier alpha value is -1.65. The van der Waals surface area contributed by atoms with Gasteiger partial charge in [-0.3, -0.25) is 0 Å². The maximum Gasteiger partial charge on any atom is 0.223 e. The highest BCUT2D eigenvalue weighted by molar-refractivity contribution is 6.30. The number of nitrogens with one attached hydrogen (secondary N) is 1. The van der Waals surface area contributed by atoms with Gasteiger partial charge in [0.1, 0.15) is 0 Å². The van der Waals surface area contributed by atoms with Gasteiger partial charge < -0.3 is 10.1 Å². The van der Waals surface area contributed by atoms with Crippen molar-refractivity contribution in [1.29, 1.82) is 0 Å². The normalized spacial score (nSPS) is 19.1. The van der Waals surface area contributed by atoms with Gasteiger partial charge in [0.15, 0.2) is 0 Å². The van der Waals surface area contributed by atoms with Gasteiger partial charge in [-0.15, -0.1) is 0 Å². The summed E-state index contributed by atoms with van der Waals surface area (Å²) in [5.41, 5.74) is 3.11. The van der Waals surface area contributed by atoms with Crippen molar-refractivity contribution in [2.45, 2.75) is 26.3 Å². The van der Waals surface area contributed by atoms with Crippen molar-refractivity contribution in [2.75, 3.05) is 18.5 Å². The summed E-state index contributed by atoms with van der Waals surface area (Å²) >= 11 is 6.01. The highest BCUT2D eigenvalue weighted by Gasteiger charge is 2.27. The van der Waals surface area contributed by atoms with Gasteiger partial charge in [-0.05, 0) is 44.0 Å². The zero-order valence-electron chi connectivity index (χ0n) is 12.8. The van der Waals surface area contributed by atoms with Gasteiger partial charge in [0.05, 0.1) is 12.6 Å². The first-order valence-electron chi connectivity index (χ1n) is 7.54. The average Bonchev–Trinajstić information content (AvgIpc) is 2.99. The second kappa shape index (κ2) is 6.63. The second-order valence-electron chi connectivity index (χ2n) is 5.77. The highest BCUT2D eigenvalue weighted by atomic mass is 35.5. The maximum atomic E-state index is 6.01. The van der Waals surface area contributed by atoms with Crippen LogP contribution in [0.5, 0.6) is 0 Å². The van der Waals surface area contributed by atoms with E-state index in [1.807, 2.05) is 32.0 Å². The van der Waals surface area contributed by atoms with Crippen LogP contribution in [0.2, 0.25) is 5.02 Å². The molecule has 116 valence electrons. The van der Waals surface area contributed by atoms with Gasteiger partial charge in [0.2, 0.25) is 5.95 Å². The predicted octanol–water partition coefficient (Wildman–Crippen LogP) is 3.94. The molecule has 2 atom stereocenters. The minimum Gasteiger partial charge on any atom is -0.381 e. The SMILES string of the molecule is Cc1cc(C)nc(N[C@@H](c2ccc(Cl)cc2)[C@H]2CCOC2)n1. The van der Waals surface area contributed by atoms with Crippen molar-refractivity contribution in [3.05, 3.63) is 52.3 Å². The van der Waals surface area contributed by atoms with E-state index in [0.717, 1.165) is 36.0 Å². The average molecular weight is 318 g/mol. The lowest BCUT2D eigenvalue weighted by atomic mass is 9.92. The fourth-order valence-corrected chi connectivity index (χ4v) is 3.01. The number of ether oxygens (including phenoxy) is 1. The molecular formula is C17H20ClN3O. The molecule has 1 N–H and O–H groups in total. The van der Waals surface area contributed by atoms with Crippen molar-refractivity contribution in [2.24, 2.45) is 5.92 Å². The van der Waals surface area contributed by atoms with E-state index in [1.165, 1.54) is 5.56 Å². The number of benzene rings is 1. The molecule has 1 aromatic carbocycles. The summed E-state index contributed by atoms with van der Waals surface area (Å²) in [6.07, 6.45) is 1.03. The fraction of sp³-hybridized carbons (Fsp3) is 0.412. The molecule has 1 aromatic heterocycles. The largest absolute Gasteiger partial charge is 0.381 e. The smallest absolute Gasteiger partial charge is 0.223 e. The van der Waals surface area contributed by atoms with E-state index in [4.69, 9.17) is 16.3 Å². The molecule has 0 bridgehead atoms. The van der Waals surface area contributed by atoms with Gasteiger partial charge in [0.25, 0.3) is 0 Å². The quantitative estimate of drug-likeness (QED) is 0.928. The fourth-order valence-electron chi connectivity index (χ4n) is 2.89. The Kier molecular flexibility index (Phi) is 4.60. The van der Waals surface area contributed by atoms with E-state index in [-0.39, 0.29) is 6.04 Å². The third-order valence-electron chi connectivity index (χ3n) is 3.93. The van der Waals surface area contributed by atoms with Crippen LogP contribution in [0.1, 0.15) is 29.4 Å². The van der Waals surface area contributed by atoms with Crippen LogP contribution in [0.4, 0.5) is 5.95 Å². The maximum absolute atomic E-state index is 6.01. The summed E-state index contributed by atoms with van der Waals surface area (Å²) in [5.74, 6) is 1.08. The van der Waals surface area contributed by atoms with Crippen molar-refractivity contribution < 1.29 is 4.74 Å². The van der Waals surface area contributed by atoms with E-state index >= 15 is 0 Å². The lowest BCUT2D eigenvalue weighted by molar-refractivity contribution is 0.182. The number of nitrogens with zero attached hydrogens (tertiary/aromatic N) is 2. The van der Waals surface area contributed by atoms with Crippen molar-refractivity contribution in [1.82, 2.24) is 9.97 Å².